The van der Waals surface area contributed by atoms with Crippen LogP contribution in [-0.4, -0.2) is 19.9 Å². The van der Waals surface area contributed by atoms with Crippen molar-refractivity contribution in [1.29, 1.82) is 0 Å². The first kappa shape index (κ1) is 10.1. The van der Waals surface area contributed by atoms with Crippen molar-refractivity contribution in [3.8, 4) is 11.1 Å². The second-order valence-corrected chi connectivity index (χ2v) is 4.14. The van der Waals surface area contributed by atoms with Crippen LogP contribution in [0.2, 0.25) is 0 Å². The second kappa shape index (κ2) is 3.84. The fraction of sp³-hybridized carbons (Fsp3) is 0. The van der Waals surface area contributed by atoms with Crippen molar-refractivity contribution in [3.63, 3.8) is 0 Å². The van der Waals surface area contributed by atoms with Gasteiger partial charge in [-0.2, -0.15) is 4.98 Å². The van der Waals surface area contributed by atoms with Crippen LogP contribution in [0.15, 0.2) is 53.7 Å². The minimum Gasteiger partial charge on any atom is -0.441 e. The van der Waals surface area contributed by atoms with Crippen molar-refractivity contribution in [1.82, 2.24) is 19.9 Å². The van der Waals surface area contributed by atoms with Crippen LogP contribution in [0.4, 0.5) is 0 Å². The topological polar surface area (TPSA) is 64.7 Å². The molecule has 0 bridgehead atoms. The molecule has 4 aromatic rings. The maximum Gasteiger partial charge on any atom is 0.199 e. The van der Waals surface area contributed by atoms with Crippen LogP contribution in [-0.2, 0) is 0 Å². The van der Waals surface area contributed by atoms with E-state index in [-0.39, 0.29) is 0 Å². The van der Waals surface area contributed by atoms with Crippen molar-refractivity contribution in [2.75, 3.05) is 0 Å². The fourth-order valence-corrected chi connectivity index (χ4v) is 2.11. The molecule has 0 aliphatic rings. The Bertz CT molecular complexity index is 885. The molecule has 0 N–H and O–H groups in total. The number of fused-ring (bicyclic) bond motifs is 2. The van der Waals surface area contributed by atoms with Gasteiger partial charge in [0.25, 0.3) is 0 Å². The Kier molecular flexibility index (Phi) is 2.05. The Labute approximate surface area is 108 Å². The van der Waals surface area contributed by atoms with Gasteiger partial charge in [-0.3, -0.25) is 0 Å². The van der Waals surface area contributed by atoms with E-state index in [9.17, 15) is 0 Å². The second-order valence-electron chi connectivity index (χ2n) is 4.14. The van der Waals surface area contributed by atoms with E-state index in [0.29, 0.717) is 11.2 Å². The Morgan fingerprint density at radius 3 is 2.84 bits per heavy atom. The third-order valence-corrected chi connectivity index (χ3v) is 3.00. The quantitative estimate of drug-likeness (QED) is 0.518. The molecule has 0 fully saturated rings. The highest BCUT2D eigenvalue weighted by Crippen LogP contribution is 2.27. The predicted octanol–water partition coefficient (Wildman–Crippen LogP) is 2.83. The van der Waals surface area contributed by atoms with E-state index in [2.05, 4.69) is 19.9 Å². The Hall–Kier alpha value is -2.82. The molecule has 0 saturated carbocycles. The van der Waals surface area contributed by atoms with Crippen molar-refractivity contribution in [2.24, 2.45) is 0 Å². The summed E-state index contributed by atoms with van der Waals surface area (Å²) in [5.74, 6) is 0. The molecule has 4 rings (SSSR count). The number of pyridine rings is 3. The summed E-state index contributed by atoms with van der Waals surface area (Å²) in [5.41, 5.74) is 3.90. The summed E-state index contributed by atoms with van der Waals surface area (Å²) in [7, 11) is 0. The Morgan fingerprint density at radius 2 is 1.84 bits per heavy atom. The van der Waals surface area contributed by atoms with Crippen LogP contribution in [0.3, 0.4) is 0 Å². The van der Waals surface area contributed by atoms with Crippen LogP contribution in [0.5, 0.6) is 0 Å². The highest BCUT2D eigenvalue weighted by atomic mass is 16.3. The molecule has 0 aliphatic carbocycles. The van der Waals surface area contributed by atoms with E-state index in [1.54, 1.807) is 18.6 Å². The molecule has 0 aliphatic heterocycles. The van der Waals surface area contributed by atoms with E-state index in [0.717, 1.165) is 22.2 Å². The monoisotopic (exact) mass is 248 g/mol. The molecule has 5 nitrogen and oxygen atoms in total. The van der Waals surface area contributed by atoms with Crippen molar-refractivity contribution >= 4 is 22.3 Å². The predicted molar refractivity (Wildman–Crippen MR) is 70.3 cm³/mol. The molecular weight excluding hydrogens is 240 g/mol. The summed E-state index contributed by atoms with van der Waals surface area (Å²) in [5, 5.41) is 0.990. The van der Waals surface area contributed by atoms with E-state index >= 15 is 0 Å². The summed E-state index contributed by atoms with van der Waals surface area (Å²) < 4.78 is 5.40. The van der Waals surface area contributed by atoms with E-state index < -0.39 is 0 Å². The first-order chi connectivity index (χ1) is 9.42. The van der Waals surface area contributed by atoms with E-state index in [1.807, 2.05) is 24.3 Å². The lowest BCUT2D eigenvalue weighted by atomic mass is 10.1. The highest BCUT2D eigenvalue weighted by Gasteiger charge is 2.09. The summed E-state index contributed by atoms with van der Waals surface area (Å²) in [6.45, 7) is 0. The number of rotatable bonds is 1. The molecule has 0 spiro atoms. The molecule has 4 heterocycles. The van der Waals surface area contributed by atoms with Gasteiger partial charge in [0.1, 0.15) is 0 Å². The molecule has 0 atom stereocenters. The Balaban J connectivity index is 2.01. The maximum atomic E-state index is 5.40. The minimum absolute atomic E-state index is 0.601. The summed E-state index contributed by atoms with van der Waals surface area (Å²) >= 11 is 0. The summed E-state index contributed by atoms with van der Waals surface area (Å²) in [4.78, 5) is 16.8. The van der Waals surface area contributed by atoms with Gasteiger partial charge in [-0.1, -0.05) is 0 Å². The van der Waals surface area contributed by atoms with Crippen LogP contribution in [0, 0.1) is 0 Å². The standard InChI is InChI=1S/C14H8N4O/c1-2-9-6-10(7-17-13(9)15-4-1)11-3-5-16-14-12(11)19-8-18-14/h1-8H. The number of nitrogens with zero attached hydrogens (tertiary/aromatic N) is 4. The lowest BCUT2D eigenvalue weighted by molar-refractivity contribution is 0.603. The van der Waals surface area contributed by atoms with Crippen molar-refractivity contribution in [3.05, 3.63) is 49.2 Å². The van der Waals surface area contributed by atoms with Gasteiger partial charge in [0.15, 0.2) is 23.3 Å². The zero-order valence-electron chi connectivity index (χ0n) is 9.82. The average molecular weight is 248 g/mol. The smallest absolute Gasteiger partial charge is 0.199 e. The van der Waals surface area contributed by atoms with Gasteiger partial charge in [0.05, 0.1) is 0 Å². The number of hydrogen-bond donors (Lipinski definition) is 0. The van der Waals surface area contributed by atoms with Gasteiger partial charge in [0.2, 0.25) is 0 Å². The minimum atomic E-state index is 0.601. The molecule has 0 saturated heterocycles. The first-order valence-corrected chi connectivity index (χ1v) is 5.81. The first-order valence-electron chi connectivity index (χ1n) is 5.81. The average Bonchev–Trinajstić information content (AvgIpc) is 2.95. The number of oxazole rings is 1. The van der Waals surface area contributed by atoms with Gasteiger partial charge in [-0.05, 0) is 24.3 Å². The molecule has 4 aromatic heterocycles. The highest BCUT2D eigenvalue weighted by molar-refractivity contribution is 5.90. The van der Waals surface area contributed by atoms with Crippen molar-refractivity contribution in [2.45, 2.75) is 0 Å². The maximum absolute atomic E-state index is 5.40. The van der Waals surface area contributed by atoms with Gasteiger partial charge < -0.3 is 4.42 Å². The molecule has 0 unspecified atom stereocenters. The molecule has 0 radical (unpaired) electrons. The lowest BCUT2D eigenvalue weighted by Crippen LogP contribution is -1.86. The SMILES string of the molecule is c1cnc2ncc(-c3ccnc4ncoc34)cc2c1. The van der Waals surface area contributed by atoms with Crippen LogP contribution >= 0.6 is 0 Å². The zero-order chi connectivity index (χ0) is 12.7. The molecular formula is C14H8N4O. The summed E-state index contributed by atoms with van der Waals surface area (Å²) in [6, 6.07) is 7.81. The van der Waals surface area contributed by atoms with Gasteiger partial charge in [-0.15, -0.1) is 0 Å². The zero-order valence-corrected chi connectivity index (χ0v) is 9.82. The van der Waals surface area contributed by atoms with Crippen LogP contribution in [0.1, 0.15) is 0 Å². The van der Waals surface area contributed by atoms with Gasteiger partial charge in [0, 0.05) is 35.1 Å². The molecule has 0 amide bonds. The molecule has 5 heteroatoms. The molecule has 19 heavy (non-hydrogen) atoms. The number of aromatic nitrogens is 4. The Morgan fingerprint density at radius 1 is 0.895 bits per heavy atom. The summed E-state index contributed by atoms with van der Waals surface area (Å²) in [6.07, 6.45) is 6.63. The third kappa shape index (κ3) is 1.55. The van der Waals surface area contributed by atoms with Crippen molar-refractivity contribution < 1.29 is 4.42 Å². The lowest BCUT2D eigenvalue weighted by Gasteiger charge is -2.02. The van der Waals surface area contributed by atoms with Crippen LogP contribution < -0.4 is 0 Å². The fourth-order valence-electron chi connectivity index (χ4n) is 2.11. The molecule has 0 aromatic carbocycles. The van der Waals surface area contributed by atoms with Crippen LogP contribution in [0.25, 0.3) is 33.4 Å². The van der Waals surface area contributed by atoms with Gasteiger partial charge >= 0.3 is 0 Å². The largest absolute Gasteiger partial charge is 0.441 e. The number of hydrogen-bond acceptors (Lipinski definition) is 5. The normalized spacial score (nSPS) is 11.2. The van der Waals surface area contributed by atoms with E-state index in [1.165, 1.54) is 6.39 Å². The van der Waals surface area contributed by atoms with E-state index in [4.69, 9.17) is 4.42 Å². The van der Waals surface area contributed by atoms with Gasteiger partial charge in [-0.25, -0.2) is 15.0 Å². The third-order valence-electron chi connectivity index (χ3n) is 3.00. The molecule has 90 valence electrons.